The predicted molar refractivity (Wildman–Crippen MR) is 150 cm³/mol. The van der Waals surface area contributed by atoms with Crippen molar-refractivity contribution >= 4 is 40.8 Å². The number of aromatic amines is 1. The van der Waals surface area contributed by atoms with Gasteiger partial charge in [-0.05, 0) is 49.6 Å². The van der Waals surface area contributed by atoms with Crippen LogP contribution in [0.2, 0.25) is 10.0 Å². The molecule has 2 aromatic heterocycles. The van der Waals surface area contributed by atoms with Gasteiger partial charge in [-0.15, -0.1) is 0 Å². The molecule has 0 bridgehead atoms. The number of likely N-dealkylation sites (tertiary alicyclic amines) is 1. The second kappa shape index (κ2) is 10.6. The molecule has 0 radical (unpaired) electrons. The number of halogens is 4. The molecule has 1 fully saturated rings. The maximum Gasteiger partial charge on any atom is 0.265 e. The third-order valence-electron chi connectivity index (χ3n) is 7.35. The van der Waals surface area contributed by atoms with E-state index in [0.717, 1.165) is 41.4 Å². The second-order valence-corrected chi connectivity index (χ2v) is 11.4. The SMILES string of the molecule is CCCc1c(C)[nH]c2c1-c1cc(C(=O)NCc3cc(F)c(Cl)cc3Cl)c(=O)n(CC(=O)N3CC(C)(F)C3)c1NC2. The fourth-order valence-corrected chi connectivity index (χ4v) is 5.87. The van der Waals surface area contributed by atoms with E-state index in [0.29, 0.717) is 17.9 Å². The van der Waals surface area contributed by atoms with Crippen molar-refractivity contribution in [2.45, 2.75) is 58.9 Å². The van der Waals surface area contributed by atoms with Gasteiger partial charge < -0.3 is 20.5 Å². The van der Waals surface area contributed by atoms with E-state index in [2.05, 4.69) is 22.5 Å². The Balaban J connectivity index is 1.56. The number of hydrogen-bond donors (Lipinski definition) is 3. The average molecular weight is 592 g/mol. The van der Waals surface area contributed by atoms with Crippen LogP contribution in [0.4, 0.5) is 14.6 Å². The van der Waals surface area contributed by atoms with Crippen molar-refractivity contribution in [2.24, 2.45) is 0 Å². The maximum atomic E-state index is 14.1. The van der Waals surface area contributed by atoms with Crippen LogP contribution in [0.5, 0.6) is 0 Å². The number of rotatable bonds is 7. The zero-order valence-corrected chi connectivity index (χ0v) is 23.8. The van der Waals surface area contributed by atoms with Gasteiger partial charge in [-0.25, -0.2) is 8.78 Å². The number of nitrogens with one attached hydrogen (secondary N) is 3. The minimum atomic E-state index is -1.46. The molecule has 0 unspecified atom stereocenters. The molecule has 2 aliphatic rings. The van der Waals surface area contributed by atoms with E-state index in [4.69, 9.17) is 23.2 Å². The van der Waals surface area contributed by atoms with Crippen molar-refractivity contribution in [3.8, 4) is 11.1 Å². The van der Waals surface area contributed by atoms with Gasteiger partial charge in [0.25, 0.3) is 11.5 Å². The van der Waals surface area contributed by atoms with Crippen molar-refractivity contribution in [1.82, 2.24) is 19.8 Å². The number of aryl methyl sites for hydroxylation is 1. The molecule has 8 nitrogen and oxygen atoms in total. The first-order chi connectivity index (χ1) is 18.9. The summed E-state index contributed by atoms with van der Waals surface area (Å²) in [6, 6.07) is 3.89. The summed E-state index contributed by atoms with van der Waals surface area (Å²) in [7, 11) is 0. The largest absolute Gasteiger partial charge is 0.365 e. The molecule has 40 heavy (non-hydrogen) atoms. The summed E-state index contributed by atoms with van der Waals surface area (Å²) < 4.78 is 29.3. The Bertz CT molecular complexity index is 1590. The first kappa shape index (κ1) is 28.2. The van der Waals surface area contributed by atoms with Crippen molar-refractivity contribution in [2.75, 3.05) is 18.4 Å². The van der Waals surface area contributed by atoms with Crippen LogP contribution < -0.4 is 16.2 Å². The zero-order chi connectivity index (χ0) is 28.9. The fraction of sp³-hybridized carbons (Fsp3) is 0.393. The smallest absolute Gasteiger partial charge is 0.265 e. The predicted octanol–water partition coefficient (Wildman–Crippen LogP) is 4.98. The van der Waals surface area contributed by atoms with Crippen LogP contribution in [0.25, 0.3) is 11.1 Å². The van der Waals surface area contributed by atoms with Gasteiger partial charge in [0, 0.05) is 34.1 Å². The molecule has 2 aliphatic heterocycles. The summed E-state index contributed by atoms with van der Waals surface area (Å²) in [6.07, 6.45) is 1.66. The summed E-state index contributed by atoms with van der Waals surface area (Å²) >= 11 is 11.9. The highest BCUT2D eigenvalue weighted by atomic mass is 35.5. The van der Waals surface area contributed by atoms with E-state index in [-0.39, 0.29) is 47.4 Å². The number of fused-ring (bicyclic) bond motifs is 3. The van der Waals surface area contributed by atoms with Gasteiger partial charge in [0.1, 0.15) is 29.4 Å². The van der Waals surface area contributed by atoms with E-state index in [9.17, 15) is 23.2 Å². The molecule has 5 rings (SSSR count). The average Bonchev–Trinajstić information content (AvgIpc) is 3.20. The molecule has 212 valence electrons. The molecule has 12 heteroatoms. The standard InChI is InChI=1S/C28H29Cl2F2N5O3/c1-4-5-16-14(2)35-22-10-33-25-17(24(16)22)7-18(26(39)34-9-15-6-21(31)20(30)8-19(15)29)27(40)37(25)11-23(38)36-12-28(3,32)13-36/h6-8,33,35H,4-5,9-13H2,1-3H3,(H,34,39). The molecule has 1 aromatic carbocycles. The van der Waals surface area contributed by atoms with E-state index in [1.807, 2.05) is 6.92 Å². The Morgan fingerprint density at radius 3 is 2.58 bits per heavy atom. The molecule has 0 aliphatic carbocycles. The number of aromatic nitrogens is 2. The third kappa shape index (κ3) is 5.10. The van der Waals surface area contributed by atoms with Crippen molar-refractivity contribution in [1.29, 1.82) is 0 Å². The summed E-state index contributed by atoms with van der Waals surface area (Å²) in [5.41, 5.74) is 2.44. The van der Waals surface area contributed by atoms with E-state index in [1.54, 1.807) is 0 Å². The molecule has 3 aromatic rings. The summed E-state index contributed by atoms with van der Waals surface area (Å²) in [6.45, 7) is 5.23. The number of pyridine rings is 1. The van der Waals surface area contributed by atoms with Gasteiger partial charge in [0.2, 0.25) is 5.91 Å². The molecule has 1 saturated heterocycles. The number of amides is 2. The topological polar surface area (TPSA) is 99.2 Å². The van der Waals surface area contributed by atoms with Gasteiger partial charge in [-0.1, -0.05) is 36.5 Å². The molecule has 0 saturated carbocycles. The fourth-order valence-electron chi connectivity index (χ4n) is 5.42. The van der Waals surface area contributed by atoms with Gasteiger partial charge in [0.05, 0.1) is 24.7 Å². The van der Waals surface area contributed by atoms with Crippen LogP contribution in [0.3, 0.4) is 0 Å². The lowest BCUT2D eigenvalue weighted by atomic mass is 9.94. The van der Waals surface area contributed by atoms with Crippen LogP contribution in [0.15, 0.2) is 23.0 Å². The number of H-pyrrole nitrogens is 1. The summed E-state index contributed by atoms with van der Waals surface area (Å²) in [5.74, 6) is -1.40. The highest BCUT2D eigenvalue weighted by molar-refractivity contribution is 6.35. The quantitative estimate of drug-likeness (QED) is 0.338. The van der Waals surface area contributed by atoms with Crippen LogP contribution in [-0.4, -0.2) is 45.0 Å². The Morgan fingerprint density at radius 1 is 1.18 bits per heavy atom. The van der Waals surface area contributed by atoms with Crippen LogP contribution in [-0.2, 0) is 30.8 Å². The Morgan fingerprint density at radius 2 is 1.90 bits per heavy atom. The number of anilines is 1. The molecule has 0 spiro atoms. The monoisotopic (exact) mass is 591 g/mol. The molecule has 2 amide bonds. The van der Waals surface area contributed by atoms with Gasteiger partial charge in [-0.3, -0.25) is 19.0 Å². The second-order valence-electron chi connectivity index (χ2n) is 10.6. The van der Waals surface area contributed by atoms with Crippen molar-refractivity contribution in [3.05, 3.63) is 72.5 Å². The lowest BCUT2D eigenvalue weighted by molar-refractivity contribution is -0.144. The van der Waals surface area contributed by atoms with Gasteiger partial charge in [-0.2, -0.15) is 0 Å². The lowest BCUT2D eigenvalue weighted by Crippen LogP contribution is -2.60. The Labute approximate surface area is 239 Å². The first-order valence-electron chi connectivity index (χ1n) is 13.0. The summed E-state index contributed by atoms with van der Waals surface area (Å²) in [4.78, 5) is 44.8. The number of carbonyl (C=O) groups is 2. The molecular weight excluding hydrogens is 563 g/mol. The number of alkyl halides is 1. The van der Waals surface area contributed by atoms with Crippen molar-refractivity contribution in [3.63, 3.8) is 0 Å². The Hall–Kier alpha value is -3.37. The van der Waals surface area contributed by atoms with E-state index in [1.165, 1.54) is 28.5 Å². The molecule has 3 N–H and O–H groups in total. The normalized spacial score (nSPS) is 15.1. The first-order valence-corrected chi connectivity index (χ1v) is 13.8. The minimum Gasteiger partial charge on any atom is -0.365 e. The highest BCUT2D eigenvalue weighted by Crippen LogP contribution is 2.40. The third-order valence-corrected chi connectivity index (χ3v) is 7.99. The highest BCUT2D eigenvalue weighted by Gasteiger charge is 2.42. The maximum absolute atomic E-state index is 14.1. The van der Waals surface area contributed by atoms with E-state index >= 15 is 0 Å². The number of carbonyl (C=O) groups excluding carboxylic acids is 2. The number of benzene rings is 1. The molecule has 4 heterocycles. The van der Waals surface area contributed by atoms with Crippen LogP contribution >= 0.6 is 23.2 Å². The minimum absolute atomic E-state index is 0.0589. The number of hydrogen-bond acceptors (Lipinski definition) is 4. The molecule has 0 atom stereocenters. The Kier molecular flexibility index (Phi) is 7.43. The van der Waals surface area contributed by atoms with Gasteiger partial charge in [0.15, 0.2) is 0 Å². The van der Waals surface area contributed by atoms with Crippen molar-refractivity contribution < 1.29 is 18.4 Å². The van der Waals surface area contributed by atoms with Crippen LogP contribution in [0.1, 0.15) is 53.1 Å². The van der Waals surface area contributed by atoms with E-state index < -0.39 is 28.9 Å². The van der Waals surface area contributed by atoms with Gasteiger partial charge >= 0.3 is 0 Å². The lowest BCUT2D eigenvalue weighted by Gasteiger charge is -2.42. The zero-order valence-electron chi connectivity index (χ0n) is 22.3. The molecular formula is C28H29Cl2F2N5O3. The summed E-state index contributed by atoms with van der Waals surface area (Å²) in [5, 5.41) is 5.88. The van der Waals surface area contributed by atoms with Crippen LogP contribution in [0, 0.1) is 12.7 Å². The number of nitrogens with zero attached hydrogens (tertiary/aromatic N) is 2.